The lowest BCUT2D eigenvalue weighted by atomic mass is 9.91. The fourth-order valence-corrected chi connectivity index (χ4v) is 3.55. The molecule has 3 rings (SSSR count). The van der Waals surface area contributed by atoms with Crippen LogP contribution < -0.4 is 14.8 Å². The molecule has 0 aliphatic carbocycles. The molecule has 4 nitrogen and oxygen atoms in total. The predicted octanol–water partition coefficient (Wildman–Crippen LogP) is 3.72. The smallest absolute Gasteiger partial charge is 0.416 e. The van der Waals surface area contributed by atoms with Gasteiger partial charge in [-0.15, -0.1) is 0 Å². The highest BCUT2D eigenvalue weighted by atomic mass is 19.4. The molecule has 1 heterocycles. The Labute approximate surface area is 156 Å². The molecule has 146 valence electrons. The molecule has 0 radical (unpaired) electrons. The molecule has 0 amide bonds. The monoisotopic (exact) mass is 380 g/mol. The fraction of sp³-hybridized carbons (Fsp3) is 0.400. The van der Waals surface area contributed by atoms with Gasteiger partial charge in [-0.05, 0) is 29.8 Å². The highest BCUT2D eigenvalue weighted by molar-refractivity contribution is 5.48. The predicted molar refractivity (Wildman–Crippen MR) is 97.3 cm³/mol. The molecule has 1 saturated heterocycles. The number of alkyl halides is 3. The third kappa shape index (κ3) is 4.20. The van der Waals surface area contributed by atoms with E-state index in [2.05, 4.69) is 10.2 Å². The maximum Gasteiger partial charge on any atom is 0.416 e. The van der Waals surface area contributed by atoms with Crippen LogP contribution in [0.1, 0.15) is 22.7 Å². The Morgan fingerprint density at radius 3 is 2.30 bits per heavy atom. The van der Waals surface area contributed by atoms with Crippen molar-refractivity contribution in [1.82, 2.24) is 10.2 Å². The molecular formula is C20H23F3N2O2. The molecule has 7 heteroatoms. The molecule has 1 unspecified atom stereocenters. The van der Waals surface area contributed by atoms with E-state index in [1.165, 1.54) is 20.3 Å². The highest BCUT2D eigenvalue weighted by Crippen LogP contribution is 2.42. The number of halogens is 3. The van der Waals surface area contributed by atoms with Crippen molar-refractivity contribution in [1.29, 1.82) is 0 Å². The van der Waals surface area contributed by atoms with Gasteiger partial charge in [0.1, 0.15) is 11.5 Å². The van der Waals surface area contributed by atoms with Gasteiger partial charge in [0.05, 0.1) is 25.8 Å². The van der Waals surface area contributed by atoms with Gasteiger partial charge in [0.15, 0.2) is 0 Å². The summed E-state index contributed by atoms with van der Waals surface area (Å²) in [6.45, 7) is 2.71. The molecule has 2 aromatic rings. The third-order valence-corrected chi connectivity index (χ3v) is 4.81. The summed E-state index contributed by atoms with van der Waals surface area (Å²) in [7, 11) is 3.06. The first kappa shape index (κ1) is 19.5. The topological polar surface area (TPSA) is 33.7 Å². The Balaban J connectivity index is 2.20. The van der Waals surface area contributed by atoms with Crippen LogP contribution in [0.2, 0.25) is 0 Å². The van der Waals surface area contributed by atoms with Crippen LogP contribution in [0.4, 0.5) is 13.2 Å². The van der Waals surface area contributed by atoms with E-state index >= 15 is 0 Å². The number of piperazine rings is 1. The molecule has 0 spiro atoms. The molecule has 1 aliphatic rings. The molecule has 1 atom stereocenters. The summed E-state index contributed by atoms with van der Waals surface area (Å²) >= 11 is 0. The maximum atomic E-state index is 13.7. The number of methoxy groups -OCH3 is 2. The van der Waals surface area contributed by atoms with Gasteiger partial charge in [0.25, 0.3) is 0 Å². The number of rotatable bonds is 5. The lowest BCUT2D eigenvalue weighted by Crippen LogP contribution is -2.45. The first-order chi connectivity index (χ1) is 13.0. The second kappa shape index (κ2) is 8.19. The van der Waals surface area contributed by atoms with Crippen molar-refractivity contribution < 1.29 is 22.6 Å². The number of ether oxygens (including phenoxy) is 2. The van der Waals surface area contributed by atoms with E-state index in [9.17, 15) is 13.2 Å². The van der Waals surface area contributed by atoms with Crippen molar-refractivity contribution in [3.63, 3.8) is 0 Å². The minimum atomic E-state index is -4.44. The SMILES string of the molecule is COc1ccc(OC)c(C(c2ccccc2C(F)(F)F)N2CCNCC2)c1. The van der Waals surface area contributed by atoms with Crippen molar-refractivity contribution in [3.05, 3.63) is 59.2 Å². The van der Waals surface area contributed by atoms with Crippen molar-refractivity contribution in [2.45, 2.75) is 12.2 Å². The van der Waals surface area contributed by atoms with Crippen LogP contribution in [0.5, 0.6) is 11.5 Å². The number of nitrogens with one attached hydrogen (secondary N) is 1. The van der Waals surface area contributed by atoms with Gasteiger partial charge in [0, 0.05) is 31.7 Å². The molecule has 1 aliphatic heterocycles. The van der Waals surface area contributed by atoms with E-state index in [4.69, 9.17) is 9.47 Å². The van der Waals surface area contributed by atoms with Gasteiger partial charge in [-0.3, -0.25) is 4.90 Å². The van der Waals surface area contributed by atoms with Crippen LogP contribution in [0.25, 0.3) is 0 Å². The van der Waals surface area contributed by atoms with E-state index in [0.717, 1.165) is 19.2 Å². The van der Waals surface area contributed by atoms with E-state index < -0.39 is 17.8 Å². The van der Waals surface area contributed by atoms with Gasteiger partial charge in [0.2, 0.25) is 0 Å². The van der Waals surface area contributed by atoms with Crippen LogP contribution in [0.3, 0.4) is 0 Å². The van der Waals surface area contributed by atoms with Gasteiger partial charge in [-0.1, -0.05) is 18.2 Å². The number of hydrogen-bond acceptors (Lipinski definition) is 4. The van der Waals surface area contributed by atoms with Crippen LogP contribution in [-0.4, -0.2) is 45.3 Å². The minimum absolute atomic E-state index is 0.221. The third-order valence-electron chi connectivity index (χ3n) is 4.81. The van der Waals surface area contributed by atoms with Crippen molar-refractivity contribution in [2.24, 2.45) is 0 Å². The van der Waals surface area contributed by atoms with Gasteiger partial charge in [-0.25, -0.2) is 0 Å². The summed E-state index contributed by atoms with van der Waals surface area (Å²) in [5, 5.41) is 3.25. The summed E-state index contributed by atoms with van der Waals surface area (Å²) in [6.07, 6.45) is -4.44. The van der Waals surface area contributed by atoms with Crippen LogP contribution in [0.15, 0.2) is 42.5 Å². The summed E-state index contributed by atoms with van der Waals surface area (Å²) < 4.78 is 52.0. The quantitative estimate of drug-likeness (QED) is 0.857. The van der Waals surface area contributed by atoms with Crippen molar-refractivity contribution in [2.75, 3.05) is 40.4 Å². The summed E-state index contributed by atoms with van der Waals surface area (Å²) in [5.41, 5.74) is 0.257. The van der Waals surface area contributed by atoms with E-state index in [0.29, 0.717) is 30.2 Å². The molecule has 2 aromatic carbocycles. The van der Waals surface area contributed by atoms with Crippen molar-refractivity contribution in [3.8, 4) is 11.5 Å². The summed E-state index contributed by atoms with van der Waals surface area (Å²) in [5.74, 6) is 1.12. The molecule has 0 saturated carbocycles. The van der Waals surface area contributed by atoms with Crippen molar-refractivity contribution >= 4 is 0 Å². The zero-order chi connectivity index (χ0) is 19.4. The Morgan fingerprint density at radius 2 is 1.67 bits per heavy atom. The lowest BCUT2D eigenvalue weighted by molar-refractivity contribution is -0.138. The Bertz CT molecular complexity index is 774. The number of nitrogens with zero attached hydrogens (tertiary/aromatic N) is 1. The molecule has 0 bridgehead atoms. The Kier molecular flexibility index (Phi) is 5.92. The second-order valence-corrected chi connectivity index (χ2v) is 6.38. The molecular weight excluding hydrogens is 357 g/mol. The first-order valence-corrected chi connectivity index (χ1v) is 8.78. The van der Waals surface area contributed by atoms with E-state index in [-0.39, 0.29) is 5.56 Å². The van der Waals surface area contributed by atoms with Gasteiger partial charge >= 0.3 is 6.18 Å². The molecule has 1 fully saturated rings. The summed E-state index contributed by atoms with van der Waals surface area (Å²) in [6, 6.07) is 10.4. The zero-order valence-electron chi connectivity index (χ0n) is 15.3. The summed E-state index contributed by atoms with van der Waals surface area (Å²) in [4.78, 5) is 2.05. The standard InChI is InChI=1S/C20H23F3N2O2/c1-26-14-7-8-18(27-2)16(13-14)19(25-11-9-24-10-12-25)15-5-3-4-6-17(15)20(21,22)23/h3-8,13,19,24H,9-12H2,1-2H3. The fourth-order valence-electron chi connectivity index (χ4n) is 3.55. The largest absolute Gasteiger partial charge is 0.497 e. The highest BCUT2D eigenvalue weighted by Gasteiger charge is 2.38. The average Bonchev–Trinajstić information content (AvgIpc) is 2.68. The Morgan fingerprint density at radius 1 is 0.963 bits per heavy atom. The lowest BCUT2D eigenvalue weighted by Gasteiger charge is -2.37. The molecule has 27 heavy (non-hydrogen) atoms. The zero-order valence-corrected chi connectivity index (χ0v) is 15.3. The number of hydrogen-bond donors (Lipinski definition) is 1. The molecule has 0 aromatic heterocycles. The van der Waals surface area contributed by atoms with E-state index in [1.54, 1.807) is 30.3 Å². The molecule has 1 N–H and O–H groups in total. The average molecular weight is 380 g/mol. The van der Waals surface area contributed by atoms with Gasteiger partial charge < -0.3 is 14.8 Å². The Hall–Kier alpha value is -2.25. The van der Waals surface area contributed by atoms with Crippen LogP contribution >= 0.6 is 0 Å². The normalized spacial score (nSPS) is 16.8. The van der Waals surface area contributed by atoms with E-state index in [1.807, 2.05) is 0 Å². The van der Waals surface area contributed by atoms with Crippen LogP contribution in [0, 0.1) is 0 Å². The van der Waals surface area contributed by atoms with Crippen LogP contribution in [-0.2, 0) is 6.18 Å². The number of benzene rings is 2. The minimum Gasteiger partial charge on any atom is -0.497 e. The first-order valence-electron chi connectivity index (χ1n) is 8.78. The van der Waals surface area contributed by atoms with Gasteiger partial charge in [-0.2, -0.15) is 13.2 Å². The second-order valence-electron chi connectivity index (χ2n) is 6.38. The maximum absolute atomic E-state index is 13.7.